The summed E-state index contributed by atoms with van der Waals surface area (Å²) in [6.07, 6.45) is 11.1. The molecular weight excluding hydrogens is 584 g/mol. The number of carbonyl (C=O) groups is 4. The number of hydrogen-bond acceptors (Lipinski definition) is 7. The van der Waals surface area contributed by atoms with Crippen molar-refractivity contribution in [3.8, 4) is 5.75 Å². The number of aliphatic hydroxyl groups is 2. The van der Waals surface area contributed by atoms with Gasteiger partial charge in [0.2, 0.25) is 5.91 Å². The van der Waals surface area contributed by atoms with Gasteiger partial charge in [-0.1, -0.05) is 57.9 Å². The van der Waals surface area contributed by atoms with Crippen LogP contribution < -0.4 is 15.4 Å². The molecule has 0 aliphatic heterocycles. The SMILES string of the molecule is CCCCC(C)(C)[C@H](O)C=C[C@H]1[C@H](O)CC(=O)[C@@H]1CC=CCCCC(=O)Oc1ccc(NC(=O)c2ccc(NC(C)=O)cc2)cc1. The van der Waals surface area contributed by atoms with E-state index in [9.17, 15) is 29.4 Å². The molecule has 0 heterocycles. The molecule has 1 saturated carbocycles. The van der Waals surface area contributed by atoms with Gasteiger partial charge in [-0.05, 0) is 79.6 Å². The van der Waals surface area contributed by atoms with Crippen LogP contribution in [-0.4, -0.2) is 46.0 Å². The molecule has 1 aliphatic rings. The maximum absolute atomic E-state index is 12.6. The van der Waals surface area contributed by atoms with E-state index in [-0.39, 0.29) is 53.7 Å². The van der Waals surface area contributed by atoms with Crippen molar-refractivity contribution in [2.24, 2.45) is 17.3 Å². The lowest BCUT2D eigenvalue weighted by Gasteiger charge is -2.29. The lowest BCUT2D eigenvalue weighted by Crippen LogP contribution is -2.28. The summed E-state index contributed by atoms with van der Waals surface area (Å²) in [5.74, 6) is -1.14. The zero-order valence-corrected chi connectivity index (χ0v) is 27.3. The highest BCUT2D eigenvalue weighted by molar-refractivity contribution is 6.04. The van der Waals surface area contributed by atoms with Crippen molar-refractivity contribution >= 4 is 34.9 Å². The standard InChI is InChI=1S/C37H48N2O7/c1-5-6-23-37(3,4)34(43)22-21-31-30(32(41)24-33(31)42)11-9-7-8-10-12-35(44)46-29-19-17-28(18-20-29)39-36(45)26-13-15-27(16-14-26)38-25(2)40/h7,9,13-22,30-31,33-34,42-43H,5-6,8,10-12,23-24H2,1-4H3,(H,38,40)(H,39,45)/t30-,31-,33-,34-/m1/s1. The van der Waals surface area contributed by atoms with E-state index >= 15 is 0 Å². The first-order chi connectivity index (χ1) is 21.9. The van der Waals surface area contributed by atoms with Crippen molar-refractivity contribution in [2.75, 3.05) is 10.6 Å². The molecule has 0 aromatic heterocycles. The zero-order chi connectivity index (χ0) is 33.7. The number of ether oxygens (including phenoxy) is 1. The molecule has 0 unspecified atom stereocenters. The van der Waals surface area contributed by atoms with E-state index < -0.39 is 12.2 Å². The Morgan fingerprint density at radius 2 is 1.65 bits per heavy atom. The van der Waals surface area contributed by atoms with Crippen molar-refractivity contribution in [2.45, 2.75) is 91.3 Å². The quantitative estimate of drug-likeness (QED) is 0.0705. The van der Waals surface area contributed by atoms with E-state index in [2.05, 4.69) is 17.6 Å². The van der Waals surface area contributed by atoms with Crippen LogP contribution in [0.5, 0.6) is 5.75 Å². The summed E-state index contributed by atoms with van der Waals surface area (Å²) in [7, 11) is 0. The van der Waals surface area contributed by atoms with Crippen LogP contribution in [0, 0.1) is 17.3 Å². The lowest BCUT2D eigenvalue weighted by molar-refractivity contribution is -0.134. The van der Waals surface area contributed by atoms with E-state index in [4.69, 9.17) is 4.74 Å². The van der Waals surface area contributed by atoms with Gasteiger partial charge >= 0.3 is 5.97 Å². The van der Waals surface area contributed by atoms with Crippen LogP contribution in [0.4, 0.5) is 11.4 Å². The Hall–Kier alpha value is -4.08. The average molecular weight is 633 g/mol. The summed E-state index contributed by atoms with van der Waals surface area (Å²) >= 11 is 0. The van der Waals surface area contributed by atoms with Crippen LogP contribution in [0.2, 0.25) is 0 Å². The number of unbranched alkanes of at least 4 members (excludes halogenated alkanes) is 2. The van der Waals surface area contributed by atoms with Crippen molar-refractivity contribution in [3.63, 3.8) is 0 Å². The summed E-state index contributed by atoms with van der Waals surface area (Å²) in [4.78, 5) is 48.5. The minimum atomic E-state index is -0.747. The molecule has 0 bridgehead atoms. The maximum Gasteiger partial charge on any atom is 0.311 e. The smallest absolute Gasteiger partial charge is 0.311 e. The molecule has 0 saturated heterocycles. The Balaban J connectivity index is 1.39. The van der Waals surface area contributed by atoms with Gasteiger partial charge in [0.15, 0.2) is 0 Å². The molecule has 1 aliphatic carbocycles. The second-order valence-corrected chi connectivity index (χ2v) is 12.7. The number of nitrogens with one attached hydrogen (secondary N) is 2. The second kappa shape index (κ2) is 17.6. The summed E-state index contributed by atoms with van der Waals surface area (Å²) in [5, 5.41) is 26.6. The molecule has 9 heteroatoms. The molecule has 248 valence electrons. The molecular formula is C37H48N2O7. The number of ketones is 1. The van der Waals surface area contributed by atoms with E-state index in [1.165, 1.54) is 6.92 Å². The Morgan fingerprint density at radius 1 is 1.00 bits per heavy atom. The highest BCUT2D eigenvalue weighted by Gasteiger charge is 2.39. The van der Waals surface area contributed by atoms with Crippen LogP contribution in [0.25, 0.3) is 0 Å². The van der Waals surface area contributed by atoms with Gasteiger partial charge in [-0.15, -0.1) is 0 Å². The third kappa shape index (κ3) is 11.4. The highest BCUT2D eigenvalue weighted by atomic mass is 16.5. The second-order valence-electron chi connectivity index (χ2n) is 12.7. The van der Waals surface area contributed by atoms with Gasteiger partial charge in [0.25, 0.3) is 5.91 Å². The highest BCUT2D eigenvalue weighted by Crippen LogP contribution is 2.35. The average Bonchev–Trinajstić information content (AvgIpc) is 3.28. The Bertz CT molecular complexity index is 1380. The molecule has 2 aromatic carbocycles. The first-order valence-electron chi connectivity index (χ1n) is 16.1. The van der Waals surface area contributed by atoms with Gasteiger partial charge in [0, 0.05) is 48.5 Å². The zero-order valence-electron chi connectivity index (χ0n) is 27.3. The summed E-state index contributed by atoms with van der Waals surface area (Å²) in [6, 6.07) is 13.0. The molecule has 46 heavy (non-hydrogen) atoms. The van der Waals surface area contributed by atoms with E-state index in [0.717, 1.165) is 19.3 Å². The van der Waals surface area contributed by atoms with Gasteiger partial charge in [0.1, 0.15) is 11.5 Å². The fourth-order valence-corrected chi connectivity index (χ4v) is 5.43. The predicted octanol–water partition coefficient (Wildman–Crippen LogP) is 6.62. The number of carbonyl (C=O) groups excluding carboxylic acids is 4. The predicted molar refractivity (Wildman–Crippen MR) is 179 cm³/mol. The normalized spacial score (nSPS) is 19.0. The maximum atomic E-state index is 12.6. The molecule has 0 radical (unpaired) electrons. The van der Waals surface area contributed by atoms with E-state index in [0.29, 0.717) is 42.0 Å². The van der Waals surface area contributed by atoms with Crippen LogP contribution in [0.1, 0.15) is 89.4 Å². The third-order valence-electron chi connectivity index (χ3n) is 8.34. The summed E-state index contributed by atoms with van der Waals surface area (Å²) in [5.41, 5.74) is 1.30. The lowest BCUT2D eigenvalue weighted by atomic mass is 9.80. The van der Waals surface area contributed by atoms with Crippen molar-refractivity contribution < 1.29 is 34.1 Å². The molecule has 0 spiro atoms. The van der Waals surface area contributed by atoms with Crippen LogP contribution in [-0.2, 0) is 14.4 Å². The number of Topliss-reactive ketones (excluding diaryl/α,β-unsaturated/α-hetero) is 1. The number of aliphatic hydroxyl groups excluding tert-OH is 2. The van der Waals surface area contributed by atoms with E-state index in [1.54, 1.807) is 54.6 Å². The van der Waals surface area contributed by atoms with Crippen molar-refractivity contribution in [3.05, 3.63) is 78.4 Å². The van der Waals surface area contributed by atoms with Crippen LogP contribution >= 0.6 is 0 Å². The third-order valence-corrected chi connectivity index (χ3v) is 8.34. The van der Waals surface area contributed by atoms with Crippen molar-refractivity contribution in [1.82, 2.24) is 0 Å². The number of hydrogen-bond donors (Lipinski definition) is 4. The Kier molecular flexibility index (Phi) is 13.9. The van der Waals surface area contributed by atoms with Crippen molar-refractivity contribution in [1.29, 1.82) is 0 Å². The number of amides is 2. The van der Waals surface area contributed by atoms with Crippen LogP contribution in [0.15, 0.2) is 72.8 Å². The number of esters is 1. The number of anilines is 2. The monoisotopic (exact) mass is 632 g/mol. The molecule has 3 rings (SSSR count). The molecule has 4 atom stereocenters. The Morgan fingerprint density at radius 3 is 2.30 bits per heavy atom. The topological polar surface area (TPSA) is 142 Å². The van der Waals surface area contributed by atoms with Gasteiger partial charge in [-0.3, -0.25) is 19.2 Å². The van der Waals surface area contributed by atoms with E-state index in [1.807, 2.05) is 32.1 Å². The fourth-order valence-electron chi connectivity index (χ4n) is 5.43. The first kappa shape index (κ1) is 36.4. The minimum absolute atomic E-state index is 0.0260. The largest absolute Gasteiger partial charge is 0.427 e. The molecule has 1 fully saturated rings. The number of allylic oxidation sites excluding steroid dienone is 2. The van der Waals surface area contributed by atoms with Gasteiger partial charge in [-0.2, -0.15) is 0 Å². The first-order valence-corrected chi connectivity index (χ1v) is 16.1. The van der Waals surface area contributed by atoms with Gasteiger partial charge in [-0.25, -0.2) is 0 Å². The fraction of sp³-hybridized carbons (Fsp3) is 0.459. The summed E-state index contributed by atoms with van der Waals surface area (Å²) < 4.78 is 5.41. The summed E-state index contributed by atoms with van der Waals surface area (Å²) in [6.45, 7) is 7.59. The van der Waals surface area contributed by atoms with Crippen LogP contribution in [0.3, 0.4) is 0 Å². The Labute approximate surface area is 272 Å². The van der Waals surface area contributed by atoms with Gasteiger partial charge < -0.3 is 25.6 Å². The number of benzene rings is 2. The molecule has 2 aromatic rings. The molecule has 9 nitrogen and oxygen atoms in total. The van der Waals surface area contributed by atoms with Gasteiger partial charge in [0.05, 0.1) is 12.2 Å². The molecule has 4 N–H and O–H groups in total. The minimum Gasteiger partial charge on any atom is -0.427 e. The number of rotatable bonds is 16. The molecule has 2 amide bonds.